The molecule has 0 atom stereocenters. The molecule has 0 aliphatic carbocycles. The first-order valence-corrected chi connectivity index (χ1v) is 10.5. The number of aromatic nitrogens is 2. The van der Waals surface area contributed by atoms with E-state index in [0.29, 0.717) is 18.5 Å². The molecular weight excluding hydrogens is 440 g/mol. The van der Waals surface area contributed by atoms with Gasteiger partial charge in [0.05, 0.1) is 13.1 Å². The molecule has 0 unspecified atom stereocenters. The van der Waals surface area contributed by atoms with Crippen LogP contribution in [-0.2, 0) is 19.5 Å². The topological polar surface area (TPSA) is 44.0 Å². The standard InChI is InChI=1S/C25H21BrN2O2/c26-23-13-11-19(12-14-23)15-22-18-27(16-20-7-3-1-4-8-20)25(30)28(24(22)29)17-21-9-5-2-6-10-21/h1-14,18H,15-17H2. The molecule has 0 fully saturated rings. The van der Waals surface area contributed by atoms with Crippen LogP contribution in [0.4, 0.5) is 0 Å². The summed E-state index contributed by atoms with van der Waals surface area (Å²) in [5.41, 5.74) is 3.02. The lowest BCUT2D eigenvalue weighted by Gasteiger charge is -2.14. The zero-order chi connectivity index (χ0) is 20.9. The van der Waals surface area contributed by atoms with Gasteiger partial charge >= 0.3 is 5.69 Å². The molecule has 0 bridgehead atoms. The Hall–Kier alpha value is -3.18. The van der Waals surface area contributed by atoms with Gasteiger partial charge in [0.25, 0.3) is 5.56 Å². The second-order valence-electron chi connectivity index (χ2n) is 7.23. The Morgan fingerprint density at radius 3 is 1.83 bits per heavy atom. The highest BCUT2D eigenvalue weighted by Gasteiger charge is 2.13. The van der Waals surface area contributed by atoms with Gasteiger partial charge in [0.15, 0.2) is 0 Å². The summed E-state index contributed by atoms with van der Waals surface area (Å²) in [7, 11) is 0. The Labute approximate surface area is 183 Å². The molecule has 0 saturated heterocycles. The fourth-order valence-corrected chi connectivity index (χ4v) is 3.72. The molecule has 0 saturated carbocycles. The minimum Gasteiger partial charge on any atom is -0.296 e. The fourth-order valence-electron chi connectivity index (χ4n) is 3.46. The van der Waals surface area contributed by atoms with E-state index in [9.17, 15) is 9.59 Å². The van der Waals surface area contributed by atoms with Crippen LogP contribution in [0.1, 0.15) is 22.3 Å². The van der Waals surface area contributed by atoms with E-state index < -0.39 is 0 Å². The van der Waals surface area contributed by atoms with Crippen molar-refractivity contribution in [2.24, 2.45) is 0 Å². The molecule has 1 heterocycles. The first kappa shape index (κ1) is 20.1. The van der Waals surface area contributed by atoms with Crippen molar-refractivity contribution in [3.05, 3.63) is 139 Å². The predicted molar refractivity (Wildman–Crippen MR) is 123 cm³/mol. The average Bonchev–Trinajstić information content (AvgIpc) is 2.77. The van der Waals surface area contributed by atoms with Crippen LogP contribution < -0.4 is 11.2 Å². The zero-order valence-corrected chi connectivity index (χ0v) is 18.0. The maximum Gasteiger partial charge on any atom is 0.331 e. The number of hydrogen-bond donors (Lipinski definition) is 0. The fraction of sp³-hybridized carbons (Fsp3) is 0.120. The van der Waals surface area contributed by atoms with E-state index in [0.717, 1.165) is 21.2 Å². The van der Waals surface area contributed by atoms with Gasteiger partial charge in [-0.25, -0.2) is 4.79 Å². The zero-order valence-electron chi connectivity index (χ0n) is 16.4. The first-order valence-electron chi connectivity index (χ1n) is 9.75. The summed E-state index contributed by atoms with van der Waals surface area (Å²) in [4.78, 5) is 26.4. The van der Waals surface area contributed by atoms with Crippen LogP contribution in [0.25, 0.3) is 0 Å². The van der Waals surface area contributed by atoms with E-state index in [-0.39, 0.29) is 17.8 Å². The molecule has 0 spiro atoms. The summed E-state index contributed by atoms with van der Waals surface area (Å²) in [5.74, 6) is 0. The van der Waals surface area contributed by atoms with Gasteiger partial charge in [-0.2, -0.15) is 0 Å². The summed E-state index contributed by atoms with van der Waals surface area (Å²) in [6, 6.07) is 27.3. The Morgan fingerprint density at radius 1 is 0.667 bits per heavy atom. The lowest BCUT2D eigenvalue weighted by molar-refractivity contribution is 0.602. The SMILES string of the molecule is O=c1c(Cc2ccc(Br)cc2)cn(Cc2ccccc2)c(=O)n1Cc1ccccc1. The van der Waals surface area contributed by atoms with Crippen molar-refractivity contribution in [3.8, 4) is 0 Å². The second-order valence-corrected chi connectivity index (χ2v) is 8.15. The van der Waals surface area contributed by atoms with E-state index in [4.69, 9.17) is 0 Å². The lowest BCUT2D eigenvalue weighted by atomic mass is 10.1. The number of benzene rings is 3. The molecule has 3 aromatic carbocycles. The van der Waals surface area contributed by atoms with Crippen LogP contribution in [-0.4, -0.2) is 9.13 Å². The normalized spacial score (nSPS) is 10.8. The lowest BCUT2D eigenvalue weighted by Crippen LogP contribution is -2.41. The van der Waals surface area contributed by atoms with Gasteiger partial charge in [0.1, 0.15) is 0 Å². The minimum atomic E-state index is -0.299. The van der Waals surface area contributed by atoms with Crippen LogP contribution in [0, 0.1) is 0 Å². The summed E-state index contributed by atoms with van der Waals surface area (Å²) in [6.45, 7) is 0.670. The smallest absolute Gasteiger partial charge is 0.296 e. The molecule has 0 amide bonds. The number of rotatable bonds is 6. The van der Waals surface area contributed by atoms with Crippen LogP contribution in [0.5, 0.6) is 0 Å². The Bertz CT molecular complexity index is 1240. The van der Waals surface area contributed by atoms with Crippen molar-refractivity contribution >= 4 is 15.9 Å². The van der Waals surface area contributed by atoms with E-state index in [1.807, 2.05) is 84.9 Å². The monoisotopic (exact) mass is 460 g/mol. The third-order valence-electron chi connectivity index (χ3n) is 5.00. The quantitative estimate of drug-likeness (QED) is 0.426. The first-order chi connectivity index (χ1) is 14.6. The highest BCUT2D eigenvalue weighted by molar-refractivity contribution is 9.10. The van der Waals surface area contributed by atoms with Crippen molar-refractivity contribution < 1.29 is 0 Å². The maximum absolute atomic E-state index is 13.2. The summed E-state index contributed by atoms with van der Waals surface area (Å²) in [6.07, 6.45) is 2.18. The second kappa shape index (κ2) is 9.09. The van der Waals surface area contributed by atoms with Crippen molar-refractivity contribution in [1.82, 2.24) is 9.13 Å². The molecule has 4 nitrogen and oxygen atoms in total. The minimum absolute atomic E-state index is 0.240. The van der Waals surface area contributed by atoms with Gasteiger partial charge in [-0.1, -0.05) is 88.7 Å². The number of hydrogen-bond acceptors (Lipinski definition) is 2. The van der Waals surface area contributed by atoms with Gasteiger partial charge < -0.3 is 0 Å². The highest BCUT2D eigenvalue weighted by atomic mass is 79.9. The molecule has 1 aromatic heterocycles. The molecule has 0 aliphatic rings. The van der Waals surface area contributed by atoms with E-state index >= 15 is 0 Å². The summed E-state index contributed by atoms with van der Waals surface area (Å²) >= 11 is 3.44. The van der Waals surface area contributed by atoms with Crippen LogP contribution >= 0.6 is 15.9 Å². The van der Waals surface area contributed by atoms with Crippen molar-refractivity contribution in [2.45, 2.75) is 19.5 Å². The van der Waals surface area contributed by atoms with Crippen molar-refractivity contribution in [3.63, 3.8) is 0 Å². The predicted octanol–water partition coefficient (Wildman–Crippen LogP) is 4.46. The molecule has 0 aliphatic heterocycles. The van der Waals surface area contributed by atoms with Crippen molar-refractivity contribution in [1.29, 1.82) is 0 Å². The van der Waals surface area contributed by atoms with E-state index in [2.05, 4.69) is 15.9 Å². The molecule has 0 radical (unpaired) electrons. The molecular formula is C25H21BrN2O2. The van der Waals surface area contributed by atoms with Gasteiger partial charge in [-0.05, 0) is 28.8 Å². The molecule has 150 valence electrons. The van der Waals surface area contributed by atoms with E-state index in [1.54, 1.807) is 10.8 Å². The van der Waals surface area contributed by atoms with Gasteiger partial charge in [-0.15, -0.1) is 0 Å². The largest absolute Gasteiger partial charge is 0.331 e. The molecule has 4 aromatic rings. The Balaban J connectivity index is 1.78. The highest BCUT2D eigenvalue weighted by Crippen LogP contribution is 2.13. The van der Waals surface area contributed by atoms with Crippen LogP contribution in [0.2, 0.25) is 0 Å². The van der Waals surface area contributed by atoms with Gasteiger partial charge in [-0.3, -0.25) is 13.9 Å². The van der Waals surface area contributed by atoms with Crippen LogP contribution in [0.3, 0.4) is 0 Å². The van der Waals surface area contributed by atoms with E-state index in [1.165, 1.54) is 4.57 Å². The number of nitrogens with zero attached hydrogens (tertiary/aromatic N) is 2. The average molecular weight is 461 g/mol. The molecule has 5 heteroatoms. The van der Waals surface area contributed by atoms with Crippen LogP contribution in [0.15, 0.2) is 105 Å². The third kappa shape index (κ3) is 4.69. The summed E-state index contributed by atoms with van der Waals surface area (Å²) in [5, 5.41) is 0. The van der Waals surface area contributed by atoms with Gasteiger partial charge in [0.2, 0.25) is 0 Å². The number of halogens is 1. The van der Waals surface area contributed by atoms with Crippen molar-refractivity contribution in [2.75, 3.05) is 0 Å². The molecule has 0 N–H and O–H groups in total. The molecule has 30 heavy (non-hydrogen) atoms. The Morgan fingerprint density at radius 2 is 1.23 bits per heavy atom. The van der Waals surface area contributed by atoms with Gasteiger partial charge in [0, 0.05) is 22.7 Å². The third-order valence-corrected chi connectivity index (χ3v) is 5.52. The molecule has 4 rings (SSSR count). The Kier molecular flexibility index (Phi) is 6.10. The maximum atomic E-state index is 13.2. The summed E-state index contributed by atoms with van der Waals surface area (Å²) < 4.78 is 3.96.